The molecule has 0 amide bonds. The first-order chi connectivity index (χ1) is 6.62. The fraction of sp³-hybridized carbons (Fsp3) is 1.00. The minimum absolute atomic E-state index is 0.133. The summed E-state index contributed by atoms with van der Waals surface area (Å²) in [6, 6.07) is 0. The van der Waals surface area contributed by atoms with Crippen molar-refractivity contribution in [3.8, 4) is 0 Å². The number of hydrogen-bond donors (Lipinski definition) is 1. The molecule has 2 aliphatic rings. The Morgan fingerprint density at radius 3 is 3.07 bits per heavy atom. The molecule has 2 rings (SSSR count). The van der Waals surface area contributed by atoms with Gasteiger partial charge in [0.1, 0.15) is 0 Å². The van der Waals surface area contributed by atoms with E-state index in [1.807, 2.05) is 0 Å². The third-order valence-electron chi connectivity index (χ3n) is 3.47. The Bertz CT molecular complexity index is 207. The highest BCUT2D eigenvalue weighted by molar-refractivity contribution is 5.03. The highest BCUT2D eigenvalue weighted by Crippen LogP contribution is 2.39. The van der Waals surface area contributed by atoms with Crippen molar-refractivity contribution in [2.75, 3.05) is 19.7 Å². The monoisotopic (exact) mass is 199 g/mol. The van der Waals surface area contributed by atoms with Crippen LogP contribution in [0.15, 0.2) is 0 Å². The summed E-state index contributed by atoms with van der Waals surface area (Å²) in [4.78, 5) is 2.42. The summed E-state index contributed by atoms with van der Waals surface area (Å²) >= 11 is 0. The maximum absolute atomic E-state index is 9.67. The van der Waals surface area contributed by atoms with E-state index in [4.69, 9.17) is 4.74 Å². The zero-order chi connectivity index (χ0) is 10.2. The Morgan fingerprint density at radius 2 is 2.36 bits per heavy atom. The molecule has 82 valence electrons. The van der Waals surface area contributed by atoms with Crippen LogP contribution in [0.1, 0.15) is 33.1 Å². The molecule has 0 aromatic heterocycles. The average Bonchev–Trinajstić information content (AvgIpc) is 2.56. The third kappa shape index (κ3) is 1.81. The first-order valence-electron chi connectivity index (χ1n) is 5.67. The van der Waals surface area contributed by atoms with Crippen molar-refractivity contribution in [3.63, 3.8) is 0 Å². The molecule has 2 aliphatic heterocycles. The van der Waals surface area contributed by atoms with Gasteiger partial charge in [-0.15, -0.1) is 0 Å². The lowest BCUT2D eigenvalue weighted by Crippen LogP contribution is -2.43. The van der Waals surface area contributed by atoms with Crippen LogP contribution in [-0.2, 0) is 4.74 Å². The third-order valence-corrected chi connectivity index (χ3v) is 3.47. The molecule has 0 spiro atoms. The van der Waals surface area contributed by atoms with E-state index < -0.39 is 0 Å². The van der Waals surface area contributed by atoms with Gasteiger partial charge in [0, 0.05) is 12.1 Å². The zero-order valence-electron chi connectivity index (χ0n) is 9.20. The minimum Gasteiger partial charge on any atom is -0.392 e. The number of nitrogens with zero attached hydrogens (tertiary/aromatic N) is 1. The molecule has 2 saturated heterocycles. The minimum atomic E-state index is -0.133. The fourth-order valence-corrected chi connectivity index (χ4v) is 2.81. The van der Waals surface area contributed by atoms with Gasteiger partial charge in [0.25, 0.3) is 0 Å². The van der Waals surface area contributed by atoms with Crippen molar-refractivity contribution < 1.29 is 9.84 Å². The molecular weight excluding hydrogens is 178 g/mol. The van der Waals surface area contributed by atoms with Crippen LogP contribution in [0.4, 0.5) is 0 Å². The van der Waals surface area contributed by atoms with Crippen LogP contribution < -0.4 is 0 Å². The second-order valence-corrected chi connectivity index (χ2v) is 4.99. The van der Waals surface area contributed by atoms with Gasteiger partial charge < -0.3 is 9.84 Å². The van der Waals surface area contributed by atoms with E-state index in [0.29, 0.717) is 6.10 Å². The van der Waals surface area contributed by atoms with Gasteiger partial charge in [-0.1, -0.05) is 0 Å². The van der Waals surface area contributed by atoms with E-state index in [0.717, 1.165) is 26.1 Å². The van der Waals surface area contributed by atoms with E-state index in [1.165, 1.54) is 12.8 Å². The number of ether oxygens (including phenoxy) is 1. The molecular formula is C11H21NO2. The number of hydrogen-bond acceptors (Lipinski definition) is 3. The van der Waals surface area contributed by atoms with E-state index in [9.17, 15) is 5.11 Å². The van der Waals surface area contributed by atoms with E-state index in [-0.39, 0.29) is 11.6 Å². The second kappa shape index (κ2) is 3.80. The molecule has 2 heterocycles. The molecule has 0 aromatic carbocycles. The molecule has 3 heteroatoms. The van der Waals surface area contributed by atoms with E-state index >= 15 is 0 Å². The van der Waals surface area contributed by atoms with Gasteiger partial charge in [0.2, 0.25) is 0 Å². The quantitative estimate of drug-likeness (QED) is 0.736. The van der Waals surface area contributed by atoms with Crippen LogP contribution in [0.25, 0.3) is 0 Å². The highest BCUT2D eigenvalue weighted by Gasteiger charge is 2.48. The zero-order valence-corrected chi connectivity index (χ0v) is 9.20. The maximum Gasteiger partial charge on any atom is 0.0685 e. The first kappa shape index (κ1) is 10.4. The number of aliphatic hydroxyl groups excluding tert-OH is 1. The summed E-state index contributed by atoms with van der Waals surface area (Å²) in [5.74, 6) is 0. The molecule has 0 bridgehead atoms. The summed E-state index contributed by atoms with van der Waals surface area (Å²) in [7, 11) is 0. The van der Waals surface area contributed by atoms with Gasteiger partial charge in [-0.05, 0) is 39.7 Å². The molecule has 0 aromatic rings. The van der Waals surface area contributed by atoms with Crippen LogP contribution in [0.2, 0.25) is 0 Å². The SMILES string of the molecule is CC(C)OCC12CCCN1C[C@@H](O)C2. The van der Waals surface area contributed by atoms with Gasteiger partial charge in [0.05, 0.1) is 18.8 Å². The molecule has 0 aliphatic carbocycles. The molecule has 0 saturated carbocycles. The molecule has 14 heavy (non-hydrogen) atoms. The second-order valence-electron chi connectivity index (χ2n) is 4.99. The Labute approximate surface area is 86.0 Å². The van der Waals surface area contributed by atoms with Crippen LogP contribution in [0, 0.1) is 0 Å². The van der Waals surface area contributed by atoms with E-state index in [1.54, 1.807) is 0 Å². The van der Waals surface area contributed by atoms with Crippen molar-refractivity contribution >= 4 is 0 Å². The smallest absolute Gasteiger partial charge is 0.0685 e. The van der Waals surface area contributed by atoms with Gasteiger partial charge in [0.15, 0.2) is 0 Å². The number of aliphatic hydroxyl groups is 1. The van der Waals surface area contributed by atoms with Crippen LogP contribution in [-0.4, -0.2) is 47.4 Å². The predicted molar refractivity (Wildman–Crippen MR) is 55.2 cm³/mol. The van der Waals surface area contributed by atoms with Gasteiger partial charge in [-0.2, -0.15) is 0 Å². The lowest BCUT2D eigenvalue weighted by atomic mass is 9.94. The fourth-order valence-electron chi connectivity index (χ4n) is 2.81. The Hall–Kier alpha value is -0.120. The van der Waals surface area contributed by atoms with E-state index in [2.05, 4.69) is 18.7 Å². The predicted octanol–water partition coefficient (Wildman–Crippen LogP) is 1.01. The topological polar surface area (TPSA) is 32.7 Å². The standard InChI is InChI=1S/C11H21NO2/c1-9(2)14-8-11-4-3-5-12(11)7-10(13)6-11/h9-10,13H,3-8H2,1-2H3/t10-,11?/m0/s1. The number of fused-ring (bicyclic) bond motifs is 1. The summed E-state index contributed by atoms with van der Waals surface area (Å²) in [6.45, 7) is 6.92. The highest BCUT2D eigenvalue weighted by atomic mass is 16.5. The molecule has 0 radical (unpaired) electrons. The molecule has 2 atom stereocenters. The van der Waals surface area contributed by atoms with Gasteiger partial charge >= 0.3 is 0 Å². The summed E-state index contributed by atoms with van der Waals surface area (Å²) < 4.78 is 5.73. The molecule has 1 N–H and O–H groups in total. The Balaban J connectivity index is 1.98. The number of rotatable bonds is 3. The first-order valence-corrected chi connectivity index (χ1v) is 5.67. The van der Waals surface area contributed by atoms with Crippen molar-refractivity contribution in [3.05, 3.63) is 0 Å². The lowest BCUT2D eigenvalue weighted by Gasteiger charge is -2.32. The van der Waals surface area contributed by atoms with Crippen LogP contribution in [0.5, 0.6) is 0 Å². The van der Waals surface area contributed by atoms with Crippen LogP contribution >= 0.6 is 0 Å². The Morgan fingerprint density at radius 1 is 1.57 bits per heavy atom. The normalized spacial score (nSPS) is 38.1. The summed E-state index contributed by atoms with van der Waals surface area (Å²) in [6.07, 6.45) is 3.51. The molecule has 2 fully saturated rings. The Kier molecular flexibility index (Phi) is 2.82. The van der Waals surface area contributed by atoms with Gasteiger partial charge in [-0.3, -0.25) is 4.90 Å². The van der Waals surface area contributed by atoms with Gasteiger partial charge in [-0.25, -0.2) is 0 Å². The van der Waals surface area contributed by atoms with Crippen molar-refractivity contribution in [2.45, 2.75) is 50.9 Å². The number of β-amino-alcohol motifs (C(OH)–C–C–N with tert-alkyl or cyclic N) is 1. The van der Waals surface area contributed by atoms with Crippen molar-refractivity contribution in [1.29, 1.82) is 0 Å². The average molecular weight is 199 g/mol. The molecule has 1 unspecified atom stereocenters. The van der Waals surface area contributed by atoms with Crippen LogP contribution in [0.3, 0.4) is 0 Å². The summed E-state index contributed by atoms with van der Waals surface area (Å²) in [5.41, 5.74) is 0.170. The maximum atomic E-state index is 9.67. The largest absolute Gasteiger partial charge is 0.392 e. The van der Waals surface area contributed by atoms with Crippen molar-refractivity contribution in [1.82, 2.24) is 4.90 Å². The van der Waals surface area contributed by atoms with Crippen molar-refractivity contribution in [2.24, 2.45) is 0 Å². The lowest BCUT2D eigenvalue weighted by molar-refractivity contribution is 0.00233. The summed E-state index contributed by atoms with van der Waals surface area (Å²) in [5, 5.41) is 9.67. The molecule has 3 nitrogen and oxygen atoms in total.